The molecular weight excluding hydrogens is 628 g/mol. The van der Waals surface area contributed by atoms with Crippen LogP contribution in [0.4, 0.5) is 0 Å². The van der Waals surface area contributed by atoms with Crippen LogP contribution in [0, 0.1) is 38.5 Å². The number of Topliss-reactive ketones (excluding diaryl/α,β-unsaturated/α-hetero) is 1. The number of hydrogen-bond donors (Lipinski definition) is 5. The van der Waals surface area contributed by atoms with Gasteiger partial charge in [-0.2, -0.15) is 0 Å². The lowest BCUT2D eigenvalue weighted by atomic mass is 9.84. The van der Waals surface area contributed by atoms with Crippen molar-refractivity contribution in [2.75, 3.05) is 13.7 Å². The Morgan fingerprint density at radius 3 is 2.42 bits per heavy atom. The molecule has 4 atom stereocenters. The molecule has 0 spiro atoms. The number of methoxy groups -OCH3 is 1. The SMILES string of the molecule is C=Cc1c2[nH]c(c1C)/C=C1\N/C(=C3\c4[nH]c(c(C)c4C(=O)[C@@H]3C(O)OC)/C=c3\[nH]/c(c(C)c3CC)=C\2)[C@@H](CCC(=O)OC/C=C(/C)CC)[C@@H]1C. The maximum atomic E-state index is 14.3. The number of nitrogens with one attached hydrogen (secondary N) is 4. The van der Waals surface area contributed by atoms with Crippen LogP contribution in [0.15, 0.2) is 29.6 Å². The van der Waals surface area contributed by atoms with E-state index in [0.29, 0.717) is 23.3 Å². The molecule has 1 fully saturated rings. The molecule has 1 saturated heterocycles. The van der Waals surface area contributed by atoms with Crippen LogP contribution in [-0.2, 0) is 20.7 Å². The first-order chi connectivity index (χ1) is 23.9. The summed E-state index contributed by atoms with van der Waals surface area (Å²) < 4.78 is 11.0. The molecule has 2 aliphatic heterocycles. The average molecular weight is 679 g/mol. The number of aromatic nitrogens is 3. The van der Waals surface area contributed by atoms with Gasteiger partial charge >= 0.3 is 5.97 Å². The van der Waals surface area contributed by atoms with Gasteiger partial charge in [0.1, 0.15) is 12.5 Å². The van der Waals surface area contributed by atoms with Gasteiger partial charge in [-0.3, -0.25) is 9.59 Å². The monoisotopic (exact) mass is 678 g/mol. The molecule has 5 N–H and O–H groups in total. The van der Waals surface area contributed by atoms with Crippen molar-refractivity contribution < 1.29 is 24.2 Å². The number of fused-ring (bicyclic) bond motifs is 7. The Kier molecular flexibility index (Phi) is 9.84. The average Bonchev–Trinajstić information content (AvgIpc) is 3.84. The van der Waals surface area contributed by atoms with Gasteiger partial charge in [0.25, 0.3) is 0 Å². The Bertz CT molecular complexity index is 2100. The van der Waals surface area contributed by atoms with Gasteiger partial charge in [0, 0.05) is 81.2 Å². The Morgan fingerprint density at radius 1 is 1.02 bits per heavy atom. The van der Waals surface area contributed by atoms with Crippen molar-refractivity contribution in [3.8, 4) is 0 Å². The third-order valence-electron chi connectivity index (χ3n) is 11.1. The van der Waals surface area contributed by atoms with Crippen LogP contribution in [0.2, 0.25) is 0 Å². The van der Waals surface area contributed by atoms with E-state index in [2.05, 4.69) is 79.7 Å². The molecule has 6 rings (SSSR count). The molecule has 8 bridgehead atoms. The van der Waals surface area contributed by atoms with Crippen LogP contribution in [-0.4, -0.2) is 51.8 Å². The summed E-state index contributed by atoms with van der Waals surface area (Å²) in [6, 6.07) is 0. The van der Waals surface area contributed by atoms with Gasteiger partial charge in [0.15, 0.2) is 12.1 Å². The summed E-state index contributed by atoms with van der Waals surface area (Å²) in [4.78, 5) is 38.2. The van der Waals surface area contributed by atoms with Gasteiger partial charge in [-0.05, 0) is 93.5 Å². The second-order valence-electron chi connectivity index (χ2n) is 13.8. The fourth-order valence-corrected chi connectivity index (χ4v) is 7.86. The van der Waals surface area contributed by atoms with Crippen LogP contribution in [0.3, 0.4) is 0 Å². The van der Waals surface area contributed by atoms with Gasteiger partial charge in [-0.25, -0.2) is 0 Å². The predicted molar refractivity (Wildman–Crippen MR) is 198 cm³/mol. The third-order valence-corrected chi connectivity index (χ3v) is 11.1. The highest BCUT2D eigenvalue weighted by Gasteiger charge is 2.48. The van der Waals surface area contributed by atoms with Crippen LogP contribution < -0.4 is 16.0 Å². The molecule has 3 aromatic rings. The van der Waals surface area contributed by atoms with Crippen molar-refractivity contribution in [3.05, 3.63) is 96.5 Å². The van der Waals surface area contributed by atoms with E-state index in [4.69, 9.17) is 9.47 Å². The molecule has 3 aromatic heterocycles. The van der Waals surface area contributed by atoms with Crippen molar-refractivity contribution in [2.45, 2.75) is 80.4 Å². The number of ketones is 1. The number of H-pyrrole nitrogens is 3. The first kappa shape index (κ1) is 35.2. The predicted octanol–water partition coefficient (Wildman–Crippen LogP) is 5.84. The molecule has 3 aliphatic rings. The lowest BCUT2D eigenvalue weighted by Gasteiger charge is -2.23. The zero-order valence-electron chi connectivity index (χ0n) is 30.5. The van der Waals surface area contributed by atoms with Crippen molar-refractivity contribution in [2.24, 2.45) is 17.8 Å². The number of aromatic amines is 3. The normalized spacial score (nSPS) is 24.2. The fourth-order valence-electron chi connectivity index (χ4n) is 7.86. The summed E-state index contributed by atoms with van der Waals surface area (Å²) in [7, 11) is 1.41. The Balaban J connectivity index is 1.59. The Morgan fingerprint density at radius 2 is 1.74 bits per heavy atom. The molecule has 50 heavy (non-hydrogen) atoms. The zero-order chi connectivity index (χ0) is 36.0. The highest BCUT2D eigenvalue weighted by molar-refractivity contribution is 6.15. The van der Waals surface area contributed by atoms with E-state index in [1.54, 1.807) is 0 Å². The minimum atomic E-state index is -1.35. The molecule has 0 aromatic carbocycles. The molecule has 0 saturated carbocycles. The van der Waals surface area contributed by atoms with Crippen LogP contribution in [0.5, 0.6) is 0 Å². The third kappa shape index (κ3) is 5.96. The van der Waals surface area contributed by atoms with Gasteiger partial charge in [0.05, 0.1) is 5.69 Å². The summed E-state index contributed by atoms with van der Waals surface area (Å²) in [5.74, 6) is -1.63. The van der Waals surface area contributed by atoms with Crippen molar-refractivity contribution >= 4 is 41.6 Å². The summed E-state index contributed by atoms with van der Waals surface area (Å²) in [5.41, 5.74) is 12.8. The van der Waals surface area contributed by atoms with Crippen molar-refractivity contribution in [1.29, 1.82) is 0 Å². The van der Waals surface area contributed by atoms with Gasteiger partial charge in [-0.15, -0.1) is 0 Å². The van der Waals surface area contributed by atoms with E-state index in [-0.39, 0.29) is 36.6 Å². The number of ether oxygens (including phenoxy) is 2. The minimum absolute atomic E-state index is 0.0491. The van der Waals surface area contributed by atoms with E-state index in [1.807, 2.05) is 26.0 Å². The minimum Gasteiger partial charge on any atom is -0.461 e. The van der Waals surface area contributed by atoms with Crippen LogP contribution >= 0.6 is 0 Å². The molecule has 5 heterocycles. The molecule has 1 aliphatic carbocycles. The molecular formula is C41H50N4O5. The molecule has 0 radical (unpaired) electrons. The van der Waals surface area contributed by atoms with Crippen LogP contribution in [0.25, 0.3) is 29.9 Å². The highest BCUT2D eigenvalue weighted by Crippen LogP contribution is 2.49. The topological polar surface area (TPSA) is 132 Å². The fraction of sp³-hybridized carbons (Fsp3) is 0.415. The summed E-state index contributed by atoms with van der Waals surface area (Å²) in [5, 5.41) is 16.9. The molecule has 9 nitrogen and oxygen atoms in total. The quantitative estimate of drug-likeness (QED) is 0.104. The number of rotatable bonds is 10. The Hall–Kier alpha value is -4.60. The lowest BCUT2D eigenvalue weighted by Crippen LogP contribution is -2.29. The Labute approximate surface area is 293 Å². The van der Waals surface area contributed by atoms with Crippen LogP contribution in [0.1, 0.15) is 108 Å². The number of carbonyl (C=O) groups excluding carboxylic acids is 2. The maximum absolute atomic E-state index is 14.3. The molecule has 264 valence electrons. The zero-order valence-corrected chi connectivity index (χ0v) is 30.5. The number of esters is 1. The number of allylic oxidation sites excluding steroid dienone is 3. The molecule has 9 heteroatoms. The van der Waals surface area contributed by atoms with E-state index in [9.17, 15) is 14.7 Å². The maximum Gasteiger partial charge on any atom is 0.306 e. The number of aliphatic hydroxyl groups is 1. The summed E-state index contributed by atoms with van der Waals surface area (Å²) in [6.45, 7) is 18.9. The standard InChI is InChI=1S/C41H50N4O5/c1-10-20(4)15-16-50-34(46)14-13-27-23(7)30-17-28-21(5)25(11-2)32(42-28)18-29-22(6)26(12-3)33(43-29)19-31-24(8)35-39(45-31)36(38(27)44-30)37(40(35)47)41(48)49-9/h11,15,17-19,23,27,37,41-45,48H,2,10,12-14,16H2,1,3-9H3/b20-15-,29-18-,30-17-,33-19-,38-36-/t23-,27-,37+,41?/m0/s1. The number of aliphatic hydroxyl groups excluding tert-OH is 1. The molecule has 1 unspecified atom stereocenters. The lowest BCUT2D eigenvalue weighted by molar-refractivity contribution is -0.142. The van der Waals surface area contributed by atoms with Crippen molar-refractivity contribution in [3.63, 3.8) is 0 Å². The first-order valence-electron chi connectivity index (χ1n) is 17.7. The second kappa shape index (κ2) is 14.0. The summed E-state index contributed by atoms with van der Waals surface area (Å²) >= 11 is 0. The number of carbonyl (C=O) groups is 2. The van der Waals surface area contributed by atoms with Gasteiger partial charge in [-0.1, -0.05) is 39.0 Å². The van der Waals surface area contributed by atoms with E-state index in [0.717, 1.165) is 74.3 Å². The van der Waals surface area contributed by atoms with E-state index < -0.39 is 12.2 Å². The second-order valence-corrected chi connectivity index (χ2v) is 13.8. The number of hydrogen-bond acceptors (Lipinski definition) is 6. The molecule has 0 amide bonds. The van der Waals surface area contributed by atoms with E-state index in [1.165, 1.54) is 18.2 Å². The summed E-state index contributed by atoms with van der Waals surface area (Å²) in [6.07, 6.45) is 11.2. The van der Waals surface area contributed by atoms with E-state index >= 15 is 0 Å². The van der Waals surface area contributed by atoms with Gasteiger partial charge in [0.2, 0.25) is 0 Å². The van der Waals surface area contributed by atoms with Gasteiger partial charge < -0.3 is 34.8 Å². The highest BCUT2D eigenvalue weighted by atomic mass is 16.6. The largest absolute Gasteiger partial charge is 0.461 e. The first-order valence-corrected chi connectivity index (χ1v) is 17.7. The smallest absolute Gasteiger partial charge is 0.306 e. The van der Waals surface area contributed by atoms with Crippen molar-refractivity contribution in [1.82, 2.24) is 20.3 Å².